The second kappa shape index (κ2) is 4.60. The van der Waals surface area contributed by atoms with E-state index in [0.29, 0.717) is 0 Å². The molecular formula is C15H9Cl2N. The lowest BCUT2D eigenvalue weighted by molar-refractivity contribution is 1.41. The molecule has 0 radical (unpaired) electrons. The highest BCUT2D eigenvalue weighted by Crippen LogP contribution is 2.28. The lowest BCUT2D eigenvalue weighted by Gasteiger charge is -2.05. The molecule has 3 aromatic rings. The molecule has 3 rings (SSSR count). The zero-order valence-corrected chi connectivity index (χ0v) is 10.9. The first-order chi connectivity index (χ1) is 8.74. The largest absolute Gasteiger partial charge is 0.256 e. The van der Waals surface area contributed by atoms with Crippen molar-refractivity contribution in [3.63, 3.8) is 0 Å². The van der Waals surface area contributed by atoms with Crippen molar-refractivity contribution in [3.05, 3.63) is 64.8 Å². The lowest BCUT2D eigenvalue weighted by atomic mass is 10.0. The number of halogens is 2. The summed E-state index contributed by atoms with van der Waals surface area (Å²) in [6.07, 6.45) is 1.71. The van der Waals surface area contributed by atoms with E-state index in [-0.39, 0.29) is 0 Å². The van der Waals surface area contributed by atoms with Crippen LogP contribution in [0.25, 0.3) is 22.0 Å². The van der Waals surface area contributed by atoms with Gasteiger partial charge in [0, 0.05) is 16.6 Å². The summed E-state index contributed by atoms with van der Waals surface area (Å²) in [5.74, 6) is 0. The van der Waals surface area contributed by atoms with Crippen LogP contribution in [0.15, 0.2) is 54.7 Å². The molecule has 1 aromatic heterocycles. The zero-order chi connectivity index (χ0) is 12.5. The number of nitrogens with zero attached hydrogens (tertiary/aromatic N) is 1. The Morgan fingerprint density at radius 3 is 2.28 bits per heavy atom. The van der Waals surface area contributed by atoms with Gasteiger partial charge in [0.15, 0.2) is 0 Å². The summed E-state index contributed by atoms with van der Waals surface area (Å²) >= 11 is 12.1. The van der Waals surface area contributed by atoms with Gasteiger partial charge in [-0.3, -0.25) is 4.98 Å². The lowest BCUT2D eigenvalue weighted by Crippen LogP contribution is -1.82. The molecule has 0 saturated heterocycles. The van der Waals surface area contributed by atoms with Crippen molar-refractivity contribution >= 4 is 34.1 Å². The van der Waals surface area contributed by atoms with E-state index in [4.69, 9.17) is 23.2 Å². The maximum Gasteiger partial charge on any atom is 0.0717 e. The van der Waals surface area contributed by atoms with Gasteiger partial charge in [0.25, 0.3) is 0 Å². The molecule has 0 amide bonds. The molecule has 88 valence electrons. The third-order valence-corrected chi connectivity index (χ3v) is 3.45. The SMILES string of the molecule is Clc1ccc(-c2ccc3nccc(Cl)c3c2)cc1. The van der Waals surface area contributed by atoms with Gasteiger partial charge in [-0.05, 0) is 41.5 Å². The highest BCUT2D eigenvalue weighted by Gasteiger charge is 2.03. The molecule has 1 nitrogen and oxygen atoms in total. The third kappa shape index (κ3) is 2.07. The summed E-state index contributed by atoms with van der Waals surface area (Å²) in [5, 5.41) is 2.42. The van der Waals surface area contributed by atoms with Gasteiger partial charge in [-0.2, -0.15) is 0 Å². The first-order valence-electron chi connectivity index (χ1n) is 5.54. The molecule has 0 bridgehead atoms. The first-order valence-corrected chi connectivity index (χ1v) is 6.30. The Morgan fingerprint density at radius 2 is 1.50 bits per heavy atom. The average molecular weight is 274 g/mol. The Hall–Kier alpha value is -1.57. The predicted molar refractivity (Wildman–Crippen MR) is 77.2 cm³/mol. The fourth-order valence-electron chi connectivity index (χ4n) is 1.93. The van der Waals surface area contributed by atoms with Crippen molar-refractivity contribution in [2.24, 2.45) is 0 Å². The van der Waals surface area contributed by atoms with Crippen LogP contribution in [0.3, 0.4) is 0 Å². The number of fused-ring (bicyclic) bond motifs is 1. The molecule has 0 aliphatic carbocycles. The van der Waals surface area contributed by atoms with E-state index in [1.54, 1.807) is 12.3 Å². The minimum Gasteiger partial charge on any atom is -0.256 e. The van der Waals surface area contributed by atoms with E-state index in [0.717, 1.165) is 32.1 Å². The molecule has 0 aliphatic heterocycles. The fraction of sp³-hybridized carbons (Fsp3) is 0. The van der Waals surface area contributed by atoms with Crippen LogP contribution < -0.4 is 0 Å². The maximum absolute atomic E-state index is 6.18. The number of rotatable bonds is 1. The van der Waals surface area contributed by atoms with Gasteiger partial charge in [-0.1, -0.05) is 41.4 Å². The third-order valence-electron chi connectivity index (χ3n) is 2.87. The molecule has 18 heavy (non-hydrogen) atoms. The van der Waals surface area contributed by atoms with Crippen LogP contribution in [0.5, 0.6) is 0 Å². The smallest absolute Gasteiger partial charge is 0.0717 e. The first kappa shape index (κ1) is 11.5. The summed E-state index contributed by atoms with van der Waals surface area (Å²) in [6, 6.07) is 15.6. The van der Waals surface area contributed by atoms with Gasteiger partial charge in [0.1, 0.15) is 0 Å². The summed E-state index contributed by atoms with van der Waals surface area (Å²) < 4.78 is 0. The molecule has 1 heterocycles. The molecule has 0 saturated carbocycles. The molecule has 0 unspecified atom stereocenters. The minimum atomic E-state index is 0.718. The fourth-order valence-corrected chi connectivity index (χ4v) is 2.27. The molecule has 2 aromatic carbocycles. The summed E-state index contributed by atoms with van der Waals surface area (Å²) in [7, 11) is 0. The van der Waals surface area contributed by atoms with Gasteiger partial charge in [0.2, 0.25) is 0 Å². The predicted octanol–water partition coefficient (Wildman–Crippen LogP) is 5.21. The van der Waals surface area contributed by atoms with Crippen molar-refractivity contribution in [3.8, 4) is 11.1 Å². The summed E-state index contributed by atoms with van der Waals surface area (Å²) in [6.45, 7) is 0. The molecular weight excluding hydrogens is 265 g/mol. The van der Waals surface area contributed by atoms with Crippen LogP contribution in [-0.4, -0.2) is 4.98 Å². The van der Waals surface area contributed by atoms with E-state index >= 15 is 0 Å². The van der Waals surface area contributed by atoms with E-state index in [1.165, 1.54) is 0 Å². The Labute approximate surface area is 115 Å². The Bertz CT molecular complexity index is 705. The number of hydrogen-bond donors (Lipinski definition) is 0. The van der Waals surface area contributed by atoms with Crippen LogP contribution >= 0.6 is 23.2 Å². The second-order valence-corrected chi connectivity index (χ2v) is 4.88. The van der Waals surface area contributed by atoms with Gasteiger partial charge in [-0.25, -0.2) is 0 Å². The Morgan fingerprint density at radius 1 is 0.778 bits per heavy atom. The number of pyridine rings is 1. The number of hydrogen-bond acceptors (Lipinski definition) is 1. The van der Waals surface area contributed by atoms with Crippen molar-refractivity contribution in [2.75, 3.05) is 0 Å². The van der Waals surface area contributed by atoms with E-state index in [9.17, 15) is 0 Å². The van der Waals surface area contributed by atoms with Gasteiger partial charge < -0.3 is 0 Å². The van der Waals surface area contributed by atoms with E-state index in [1.807, 2.05) is 42.5 Å². The maximum atomic E-state index is 6.18. The summed E-state index contributed by atoms with van der Waals surface area (Å²) in [5.41, 5.74) is 3.12. The van der Waals surface area contributed by atoms with Crippen molar-refractivity contribution < 1.29 is 0 Å². The molecule has 0 atom stereocenters. The van der Waals surface area contributed by atoms with Crippen LogP contribution in [-0.2, 0) is 0 Å². The molecule has 3 heteroatoms. The van der Waals surface area contributed by atoms with Crippen LogP contribution in [0.4, 0.5) is 0 Å². The molecule has 0 spiro atoms. The van der Waals surface area contributed by atoms with Gasteiger partial charge in [-0.15, -0.1) is 0 Å². The second-order valence-electron chi connectivity index (χ2n) is 4.03. The van der Waals surface area contributed by atoms with Crippen molar-refractivity contribution in [1.29, 1.82) is 0 Å². The normalized spacial score (nSPS) is 10.8. The molecule has 0 aliphatic rings. The van der Waals surface area contributed by atoms with E-state index < -0.39 is 0 Å². The Balaban J connectivity index is 2.18. The minimum absolute atomic E-state index is 0.718. The van der Waals surface area contributed by atoms with E-state index in [2.05, 4.69) is 4.98 Å². The quantitative estimate of drug-likeness (QED) is 0.593. The van der Waals surface area contributed by atoms with Gasteiger partial charge in [0.05, 0.1) is 10.5 Å². The average Bonchev–Trinajstić information content (AvgIpc) is 2.40. The van der Waals surface area contributed by atoms with Crippen LogP contribution in [0, 0.1) is 0 Å². The Kier molecular flexibility index (Phi) is 2.94. The zero-order valence-electron chi connectivity index (χ0n) is 9.40. The highest BCUT2D eigenvalue weighted by atomic mass is 35.5. The standard InChI is InChI=1S/C15H9Cl2N/c16-12-4-1-10(2-5-12)11-3-6-15-13(9-11)14(17)7-8-18-15/h1-9H. The van der Waals surface area contributed by atoms with Gasteiger partial charge >= 0.3 is 0 Å². The van der Waals surface area contributed by atoms with Crippen molar-refractivity contribution in [2.45, 2.75) is 0 Å². The molecule has 0 fully saturated rings. The van der Waals surface area contributed by atoms with Crippen LogP contribution in [0.2, 0.25) is 10.0 Å². The summed E-state index contributed by atoms with van der Waals surface area (Å²) in [4.78, 5) is 4.29. The monoisotopic (exact) mass is 273 g/mol. The molecule has 0 N–H and O–H groups in total. The van der Waals surface area contributed by atoms with Crippen molar-refractivity contribution in [1.82, 2.24) is 4.98 Å². The number of benzene rings is 2. The number of aromatic nitrogens is 1. The highest BCUT2D eigenvalue weighted by molar-refractivity contribution is 6.35. The topological polar surface area (TPSA) is 12.9 Å². The van der Waals surface area contributed by atoms with Crippen LogP contribution in [0.1, 0.15) is 0 Å².